The SMILES string of the molecule is CCCCOC(=O)c1cccc(NC(=O)C=Cc2c(Cl)cccc2Cl)c1. The molecule has 136 valence electrons. The Bertz CT molecular complexity index is 798. The molecule has 0 aliphatic heterocycles. The molecule has 2 aromatic carbocycles. The summed E-state index contributed by atoms with van der Waals surface area (Å²) in [5.41, 5.74) is 1.45. The van der Waals surface area contributed by atoms with Crippen LogP contribution in [-0.2, 0) is 9.53 Å². The van der Waals surface area contributed by atoms with Crippen LogP contribution in [0.2, 0.25) is 10.0 Å². The largest absolute Gasteiger partial charge is 0.462 e. The fraction of sp³-hybridized carbons (Fsp3) is 0.200. The standard InChI is InChI=1S/C20H19Cl2NO3/c1-2-3-12-26-20(25)14-6-4-7-15(13-14)23-19(24)11-10-16-17(21)8-5-9-18(16)22/h4-11,13H,2-3,12H2,1H3,(H,23,24). The van der Waals surface area contributed by atoms with E-state index in [2.05, 4.69) is 5.32 Å². The molecule has 1 N–H and O–H groups in total. The van der Waals surface area contributed by atoms with E-state index in [1.165, 1.54) is 6.08 Å². The fourth-order valence-electron chi connectivity index (χ4n) is 2.13. The smallest absolute Gasteiger partial charge is 0.338 e. The van der Waals surface area contributed by atoms with E-state index >= 15 is 0 Å². The van der Waals surface area contributed by atoms with Crippen LogP contribution < -0.4 is 5.32 Å². The van der Waals surface area contributed by atoms with Crippen molar-refractivity contribution in [2.75, 3.05) is 11.9 Å². The summed E-state index contributed by atoms with van der Waals surface area (Å²) in [5, 5.41) is 3.61. The van der Waals surface area contributed by atoms with E-state index in [1.54, 1.807) is 48.5 Å². The molecule has 6 heteroatoms. The van der Waals surface area contributed by atoms with Crippen molar-refractivity contribution in [1.82, 2.24) is 0 Å². The number of hydrogen-bond acceptors (Lipinski definition) is 3. The van der Waals surface area contributed by atoms with Crippen LogP contribution in [-0.4, -0.2) is 18.5 Å². The minimum atomic E-state index is -0.409. The van der Waals surface area contributed by atoms with Gasteiger partial charge in [-0.05, 0) is 42.8 Å². The molecule has 0 saturated carbocycles. The Hall–Kier alpha value is -2.30. The molecule has 0 spiro atoms. The minimum Gasteiger partial charge on any atom is -0.462 e. The second-order valence-corrected chi connectivity index (χ2v) is 6.34. The van der Waals surface area contributed by atoms with Crippen LogP contribution in [0.5, 0.6) is 0 Å². The summed E-state index contributed by atoms with van der Waals surface area (Å²) in [6.45, 7) is 2.40. The number of hydrogen-bond donors (Lipinski definition) is 1. The third-order valence-electron chi connectivity index (χ3n) is 3.50. The van der Waals surface area contributed by atoms with E-state index in [-0.39, 0.29) is 5.91 Å². The van der Waals surface area contributed by atoms with Crippen molar-refractivity contribution in [3.05, 3.63) is 69.7 Å². The number of rotatable bonds is 7. The Balaban J connectivity index is 2.02. The monoisotopic (exact) mass is 391 g/mol. The first-order chi connectivity index (χ1) is 12.5. The van der Waals surface area contributed by atoms with Crippen molar-refractivity contribution >= 4 is 46.8 Å². The summed E-state index contributed by atoms with van der Waals surface area (Å²) in [7, 11) is 0. The van der Waals surface area contributed by atoms with Gasteiger partial charge in [0.05, 0.1) is 12.2 Å². The van der Waals surface area contributed by atoms with Gasteiger partial charge in [-0.2, -0.15) is 0 Å². The highest BCUT2D eigenvalue weighted by Crippen LogP contribution is 2.25. The summed E-state index contributed by atoms with van der Waals surface area (Å²) >= 11 is 12.1. The van der Waals surface area contributed by atoms with Crippen molar-refractivity contribution in [3.8, 4) is 0 Å². The van der Waals surface area contributed by atoms with Gasteiger partial charge in [0.25, 0.3) is 0 Å². The second kappa shape index (κ2) is 10.00. The van der Waals surface area contributed by atoms with E-state index in [4.69, 9.17) is 27.9 Å². The number of carbonyl (C=O) groups is 2. The van der Waals surface area contributed by atoms with Crippen LogP contribution in [0, 0.1) is 0 Å². The summed E-state index contributed by atoms with van der Waals surface area (Å²) in [5.74, 6) is -0.773. The van der Waals surface area contributed by atoms with Gasteiger partial charge in [0.2, 0.25) is 5.91 Å². The van der Waals surface area contributed by atoms with E-state index in [9.17, 15) is 9.59 Å². The van der Waals surface area contributed by atoms with Crippen LogP contribution in [0.3, 0.4) is 0 Å². The number of benzene rings is 2. The second-order valence-electron chi connectivity index (χ2n) is 5.53. The molecule has 0 aromatic heterocycles. The quantitative estimate of drug-likeness (QED) is 0.379. The molecule has 2 aromatic rings. The third-order valence-corrected chi connectivity index (χ3v) is 4.16. The molecule has 26 heavy (non-hydrogen) atoms. The molecule has 4 nitrogen and oxygen atoms in total. The average molecular weight is 392 g/mol. The molecular weight excluding hydrogens is 373 g/mol. The van der Waals surface area contributed by atoms with Gasteiger partial charge in [0, 0.05) is 27.4 Å². The lowest BCUT2D eigenvalue weighted by molar-refractivity contribution is -0.111. The Morgan fingerprint density at radius 2 is 1.81 bits per heavy atom. The molecule has 0 radical (unpaired) electrons. The number of nitrogens with one attached hydrogen (secondary N) is 1. The number of esters is 1. The Kier molecular flexibility index (Phi) is 7.70. The predicted molar refractivity (Wildman–Crippen MR) is 106 cm³/mol. The number of amides is 1. The predicted octanol–water partition coefficient (Wildman–Crippen LogP) is 5.60. The first-order valence-corrected chi connectivity index (χ1v) is 8.97. The summed E-state index contributed by atoms with van der Waals surface area (Å²) in [6.07, 6.45) is 4.64. The number of anilines is 1. The lowest BCUT2D eigenvalue weighted by Gasteiger charge is -2.07. The van der Waals surface area contributed by atoms with Gasteiger partial charge in [-0.3, -0.25) is 4.79 Å². The molecule has 0 heterocycles. The van der Waals surface area contributed by atoms with Crippen molar-refractivity contribution in [3.63, 3.8) is 0 Å². The van der Waals surface area contributed by atoms with Crippen molar-refractivity contribution < 1.29 is 14.3 Å². The molecule has 0 aliphatic carbocycles. The first kappa shape index (κ1) is 20.0. The summed E-state index contributed by atoms with van der Waals surface area (Å²) in [6, 6.07) is 11.7. The number of carbonyl (C=O) groups excluding carboxylic acids is 2. The van der Waals surface area contributed by atoms with Crippen molar-refractivity contribution in [2.45, 2.75) is 19.8 Å². The molecule has 2 rings (SSSR count). The molecular formula is C20H19Cl2NO3. The normalized spacial score (nSPS) is 10.7. The van der Waals surface area contributed by atoms with Gasteiger partial charge < -0.3 is 10.1 Å². The molecule has 0 atom stereocenters. The van der Waals surface area contributed by atoms with E-state index in [1.807, 2.05) is 6.92 Å². The Morgan fingerprint density at radius 3 is 2.50 bits per heavy atom. The fourth-order valence-corrected chi connectivity index (χ4v) is 2.65. The highest BCUT2D eigenvalue weighted by molar-refractivity contribution is 6.37. The van der Waals surface area contributed by atoms with Gasteiger partial charge in [0.15, 0.2) is 0 Å². The average Bonchev–Trinajstić information content (AvgIpc) is 2.61. The van der Waals surface area contributed by atoms with Crippen LogP contribution in [0.1, 0.15) is 35.7 Å². The van der Waals surface area contributed by atoms with Gasteiger partial charge in [0.1, 0.15) is 0 Å². The summed E-state index contributed by atoms with van der Waals surface area (Å²) in [4.78, 5) is 24.1. The molecule has 0 saturated heterocycles. The highest BCUT2D eigenvalue weighted by atomic mass is 35.5. The molecule has 0 aliphatic rings. The maximum Gasteiger partial charge on any atom is 0.338 e. The molecule has 0 unspecified atom stereocenters. The minimum absolute atomic E-state index is 0.363. The lowest BCUT2D eigenvalue weighted by atomic mass is 10.2. The maximum atomic E-state index is 12.1. The lowest BCUT2D eigenvalue weighted by Crippen LogP contribution is -2.10. The molecule has 1 amide bonds. The zero-order valence-corrected chi connectivity index (χ0v) is 15.8. The molecule has 0 fully saturated rings. The van der Waals surface area contributed by atoms with Crippen molar-refractivity contribution in [2.24, 2.45) is 0 Å². The van der Waals surface area contributed by atoms with Crippen LogP contribution in [0.4, 0.5) is 5.69 Å². The van der Waals surface area contributed by atoms with Crippen LogP contribution in [0.15, 0.2) is 48.5 Å². The third kappa shape index (κ3) is 5.90. The van der Waals surface area contributed by atoms with E-state index in [0.717, 1.165) is 12.8 Å². The van der Waals surface area contributed by atoms with Gasteiger partial charge in [-0.1, -0.05) is 48.7 Å². The van der Waals surface area contributed by atoms with Gasteiger partial charge in [-0.25, -0.2) is 4.79 Å². The Labute approximate surface area is 162 Å². The van der Waals surface area contributed by atoms with Crippen LogP contribution in [0.25, 0.3) is 6.08 Å². The number of unbranched alkanes of at least 4 members (excludes halogenated alkanes) is 1. The maximum absolute atomic E-state index is 12.1. The van der Waals surface area contributed by atoms with Gasteiger partial charge in [-0.15, -0.1) is 0 Å². The zero-order valence-electron chi connectivity index (χ0n) is 14.3. The number of ether oxygens (including phenoxy) is 1. The van der Waals surface area contributed by atoms with E-state index in [0.29, 0.717) is 33.5 Å². The van der Waals surface area contributed by atoms with Crippen molar-refractivity contribution in [1.29, 1.82) is 0 Å². The Morgan fingerprint density at radius 1 is 1.12 bits per heavy atom. The number of halogens is 2. The topological polar surface area (TPSA) is 55.4 Å². The zero-order chi connectivity index (χ0) is 18.9. The van der Waals surface area contributed by atoms with Gasteiger partial charge >= 0.3 is 5.97 Å². The highest BCUT2D eigenvalue weighted by Gasteiger charge is 2.08. The first-order valence-electron chi connectivity index (χ1n) is 8.21. The molecule has 0 bridgehead atoms. The van der Waals surface area contributed by atoms with E-state index < -0.39 is 5.97 Å². The summed E-state index contributed by atoms with van der Waals surface area (Å²) < 4.78 is 5.17. The van der Waals surface area contributed by atoms with Crippen LogP contribution >= 0.6 is 23.2 Å².